The minimum absolute atomic E-state index is 0.143. The first-order valence-corrected chi connectivity index (χ1v) is 6.67. The predicted molar refractivity (Wildman–Crippen MR) is 80.1 cm³/mol. The molecule has 0 aliphatic rings. The van der Waals surface area contributed by atoms with E-state index in [1.165, 1.54) is 7.11 Å². The van der Waals surface area contributed by atoms with Crippen LogP contribution in [0.25, 0.3) is 11.1 Å². The predicted octanol–water partition coefficient (Wildman–Crippen LogP) is 5.68. The van der Waals surface area contributed by atoms with Gasteiger partial charge >= 0.3 is 0 Å². The van der Waals surface area contributed by atoms with E-state index in [0.717, 1.165) is 0 Å². The van der Waals surface area contributed by atoms with Crippen molar-refractivity contribution >= 4 is 46.4 Å². The third kappa shape index (κ3) is 2.72. The molecule has 0 aliphatic heterocycles. The van der Waals surface area contributed by atoms with E-state index >= 15 is 0 Å². The maximum Gasteiger partial charge on any atom is 0.156 e. The van der Waals surface area contributed by atoms with Crippen molar-refractivity contribution in [3.8, 4) is 22.6 Å². The first-order chi connectivity index (χ1) is 8.95. The zero-order valence-corrected chi connectivity index (χ0v) is 12.7. The fraction of sp³-hybridized carbons (Fsp3) is 0.0769. The molecule has 19 heavy (non-hydrogen) atoms. The molecule has 2 nitrogen and oxygen atoms in total. The van der Waals surface area contributed by atoms with Crippen molar-refractivity contribution in [3.63, 3.8) is 0 Å². The molecule has 0 fully saturated rings. The average Bonchev–Trinajstić information content (AvgIpc) is 2.35. The Morgan fingerprint density at radius 1 is 0.947 bits per heavy atom. The Morgan fingerprint density at radius 2 is 1.53 bits per heavy atom. The van der Waals surface area contributed by atoms with Gasteiger partial charge in [0.25, 0.3) is 0 Å². The van der Waals surface area contributed by atoms with E-state index in [2.05, 4.69) is 0 Å². The zero-order chi connectivity index (χ0) is 14.2. The highest BCUT2D eigenvalue weighted by Gasteiger charge is 2.15. The molecule has 0 aromatic heterocycles. The Balaban J connectivity index is 2.64. The van der Waals surface area contributed by atoms with Crippen LogP contribution in [-0.4, -0.2) is 12.2 Å². The van der Waals surface area contributed by atoms with Crippen molar-refractivity contribution in [1.29, 1.82) is 0 Å². The second-order valence-corrected chi connectivity index (χ2v) is 5.33. The van der Waals surface area contributed by atoms with Gasteiger partial charge in [0.2, 0.25) is 0 Å². The summed E-state index contributed by atoms with van der Waals surface area (Å²) in [6.07, 6.45) is 0. The monoisotopic (exact) mass is 336 g/mol. The summed E-state index contributed by atoms with van der Waals surface area (Å²) in [4.78, 5) is 0. The van der Waals surface area contributed by atoms with Crippen molar-refractivity contribution in [1.82, 2.24) is 0 Å². The summed E-state index contributed by atoms with van der Waals surface area (Å²) in [5.41, 5.74) is 1.24. The number of halogens is 4. The highest BCUT2D eigenvalue weighted by Crippen LogP contribution is 2.43. The number of methoxy groups -OCH3 is 1. The van der Waals surface area contributed by atoms with Crippen LogP contribution in [0.3, 0.4) is 0 Å². The standard InChI is InChI=1S/C13H8Cl4O2/c1-19-13-9(15)4-6(5-10(13)16)7-2-3-8(14)12(18)11(7)17/h2-5,18H,1H3. The zero-order valence-electron chi connectivity index (χ0n) is 9.68. The quantitative estimate of drug-likeness (QED) is 0.763. The van der Waals surface area contributed by atoms with Crippen molar-refractivity contribution < 1.29 is 9.84 Å². The lowest BCUT2D eigenvalue weighted by atomic mass is 10.0. The van der Waals surface area contributed by atoms with Crippen molar-refractivity contribution in [2.75, 3.05) is 7.11 Å². The number of hydrogen-bond donors (Lipinski definition) is 1. The first kappa shape index (κ1) is 14.6. The van der Waals surface area contributed by atoms with E-state index in [-0.39, 0.29) is 15.8 Å². The summed E-state index contributed by atoms with van der Waals surface area (Å²) in [7, 11) is 1.48. The molecule has 0 amide bonds. The number of ether oxygens (including phenoxy) is 1. The summed E-state index contributed by atoms with van der Waals surface area (Å²) >= 11 is 24.0. The molecule has 2 aromatic carbocycles. The molecule has 0 saturated carbocycles. The summed E-state index contributed by atoms with van der Waals surface area (Å²) < 4.78 is 5.07. The number of rotatable bonds is 2. The highest BCUT2D eigenvalue weighted by molar-refractivity contribution is 6.40. The van der Waals surface area contributed by atoms with Gasteiger partial charge in [-0.2, -0.15) is 0 Å². The summed E-state index contributed by atoms with van der Waals surface area (Å²) in [6, 6.07) is 6.53. The number of aromatic hydroxyl groups is 1. The van der Waals surface area contributed by atoms with Crippen LogP contribution in [0.5, 0.6) is 11.5 Å². The second-order valence-electron chi connectivity index (χ2n) is 3.73. The molecule has 6 heteroatoms. The van der Waals surface area contributed by atoms with Crippen LogP contribution in [-0.2, 0) is 0 Å². The van der Waals surface area contributed by atoms with E-state index in [4.69, 9.17) is 51.1 Å². The minimum atomic E-state index is -0.177. The highest BCUT2D eigenvalue weighted by atomic mass is 35.5. The van der Waals surface area contributed by atoms with E-state index in [0.29, 0.717) is 26.9 Å². The molecule has 0 heterocycles. The van der Waals surface area contributed by atoms with Gasteiger partial charge in [0.05, 0.1) is 27.2 Å². The minimum Gasteiger partial charge on any atom is -0.505 e. The lowest BCUT2D eigenvalue weighted by molar-refractivity contribution is 0.415. The van der Waals surface area contributed by atoms with Crippen LogP contribution >= 0.6 is 46.4 Å². The molecule has 0 atom stereocenters. The third-order valence-corrected chi connectivity index (χ3v) is 3.83. The number of benzene rings is 2. The molecule has 100 valence electrons. The Hall–Kier alpha value is -0.800. The summed E-state index contributed by atoms with van der Waals surface area (Å²) in [5, 5.41) is 10.8. The van der Waals surface area contributed by atoms with Gasteiger partial charge in [-0.3, -0.25) is 0 Å². The van der Waals surface area contributed by atoms with Crippen LogP contribution < -0.4 is 4.74 Å². The van der Waals surface area contributed by atoms with Gasteiger partial charge in [-0.25, -0.2) is 0 Å². The molecule has 0 radical (unpaired) electrons. The van der Waals surface area contributed by atoms with Gasteiger partial charge in [-0.15, -0.1) is 0 Å². The van der Waals surface area contributed by atoms with Crippen LogP contribution in [0, 0.1) is 0 Å². The largest absolute Gasteiger partial charge is 0.505 e. The molecule has 0 unspecified atom stereocenters. The van der Waals surface area contributed by atoms with Gasteiger partial charge in [0.15, 0.2) is 11.5 Å². The van der Waals surface area contributed by atoms with Gasteiger partial charge in [-0.1, -0.05) is 52.5 Å². The fourth-order valence-electron chi connectivity index (χ4n) is 1.67. The van der Waals surface area contributed by atoms with Crippen molar-refractivity contribution in [2.45, 2.75) is 0 Å². The lowest BCUT2D eigenvalue weighted by Gasteiger charge is -2.11. The molecule has 0 saturated heterocycles. The summed E-state index contributed by atoms with van der Waals surface area (Å²) in [6.45, 7) is 0. The molecule has 1 N–H and O–H groups in total. The lowest BCUT2D eigenvalue weighted by Crippen LogP contribution is -1.88. The average molecular weight is 338 g/mol. The van der Waals surface area contributed by atoms with Crippen LogP contribution in [0.15, 0.2) is 24.3 Å². The number of phenols is 1. The molecule has 0 aliphatic carbocycles. The smallest absolute Gasteiger partial charge is 0.156 e. The normalized spacial score (nSPS) is 10.6. The van der Waals surface area contributed by atoms with E-state index in [9.17, 15) is 5.11 Å². The van der Waals surface area contributed by atoms with Gasteiger partial charge < -0.3 is 9.84 Å². The van der Waals surface area contributed by atoms with Crippen LogP contribution in [0.4, 0.5) is 0 Å². The Bertz CT molecular complexity index is 618. The molecule has 2 rings (SSSR count). The second kappa shape index (κ2) is 5.68. The topological polar surface area (TPSA) is 29.5 Å². The SMILES string of the molecule is COc1c(Cl)cc(-c2ccc(Cl)c(O)c2Cl)cc1Cl. The molecular formula is C13H8Cl4O2. The van der Waals surface area contributed by atoms with Gasteiger partial charge in [-0.05, 0) is 23.8 Å². The fourth-order valence-corrected chi connectivity index (χ4v) is 2.80. The van der Waals surface area contributed by atoms with Crippen LogP contribution in [0.1, 0.15) is 0 Å². The maximum atomic E-state index is 9.73. The van der Waals surface area contributed by atoms with Gasteiger partial charge in [0, 0.05) is 5.56 Å². The third-order valence-electron chi connectivity index (χ3n) is 2.58. The Labute approximate surface area is 130 Å². The maximum absolute atomic E-state index is 9.73. The molecule has 2 aromatic rings. The van der Waals surface area contributed by atoms with E-state index in [1.807, 2.05) is 0 Å². The van der Waals surface area contributed by atoms with E-state index in [1.54, 1.807) is 24.3 Å². The van der Waals surface area contributed by atoms with Crippen molar-refractivity contribution in [3.05, 3.63) is 44.4 Å². The molecule has 0 bridgehead atoms. The Kier molecular flexibility index (Phi) is 4.36. The summed E-state index contributed by atoms with van der Waals surface area (Å²) in [5.74, 6) is 0.213. The number of phenolic OH excluding ortho intramolecular Hbond substituents is 1. The molecular weight excluding hydrogens is 330 g/mol. The Morgan fingerprint density at radius 3 is 2.05 bits per heavy atom. The molecule has 0 spiro atoms. The van der Waals surface area contributed by atoms with Crippen LogP contribution in [0.2, 0.25) is 20.1 Å². The first-order valence-electron chi connectivity index (χ1n) is 5.16. The van der Waals surface area contributed by atoms with Crippen molar-refractivity contribution in [2.24, 2.45) is 0 Å². The van der Waals surface area contributed by atoms with E-state index < -0.39 is 0 Å². The van der Waals surface area contributed by atoms with Gasteiger partial charge in [0.1, 0.15) is 0 Å². The number of hydrogen-bond acceptors (Lipinski definition) is 2.